The second-order valence-corrected chi connectivity index (χ2v) is 10.4. The molecule has 0 radical (unpaired) electrons. The molecule has 0 amide bonds. The smallest absolute Gasteiger partial charge is 0.210 e. The van der Waals surface area contributed by atoms with Gasteiger partial charge in [0.2, 0.25) is 9.84 Å². The van der Waals surface area contributed by atoms with Crippen LogP contribution in [-0.2, 0) is 16.3 Å². The molecule has 10 heteroatoms. The first kappa shape index (κ1) is 23.5. The Kier molecular flexibility index (Phi) is 6.61. The third-order valence-electron chi connectivity index (χ3n) is 5.32. The Morgan fingerprint density at radius 2 is 1.82 bits per heavy atom. The highest BCUT2D eigenvalue weighted by molar-refractivity contribution is 7.91. The van der Waals surface area contributed by atoms with Gasteiger partial charge in [-0.2, -0.15) is 0 Å². The molecule has 0 saturated heterocycles. The van der Waals surface area contributed by atoms with Crippen LogP contribution in [0.1, 0.15) is 23.4 Å². The maximum atomic E-state index is 13.8. The van der Waals surface area contributed by atoms with Crippen molar-refractivity contribution in [1.82, 2.24) is 10.1 Å². The molecule has 0 aliphatic heterocycles. The predicted octanol–water partition coefficient (Wildman–Crippen LogP) is 6.16. The average molecular weight is 508 g/mol. The van der Waals surface area contributed by atoms with Gasteiger partial charge in [0.05, 0.1) is 21.8 Å². The highest BCUT2D eigenvalue weighted by Gasteiger charge is 2.25. The number of pyridine rings is 1. The number of nitrogens with one attached hydrogen (secondary N) is 1. The van der Waals surface area contributed by atoms with Crippen LogP contribution in [0, 0.1) is 19.7 Å². The first-order valence-corrected chi connectivity index (χ1v) is 12.4. The summed E-state index contributed by atoms with van der Waals surface area (Å²) >= 11 is 12.1. The quantitative estimate of drug-likeness (QED) is 0.301. The summed E-state index contributed by atoms with van der Waals surface area (Å²) < 4.78 is 45.9. The predicted molar refractivity (Wildman–Crippen MR) is 126 cm³/mol. The molecule has 4 rings (SSSR count). The fourth-order valence-corrected chi connectivity index (χ4v) is 5.80. The Balaban J connectivity index is 1.72. The third kappa shape index (κ3) is 4.83. The van der Waals surface area contributed by atoms with Crippen molar-refractivity contribution < 1.29 is 17.3 Å². The molecular weight excluding hydrogens is 488 g/mol. The topological polar surface area (TPSA) is 85.1 Å². The van der Waals surface area contributed by atoms with Gasteiger partial charge in [0.1, 0.15) is 16.5 Å². The Labute approximate surface area is 200 Å². The van der Waals surface area contributed by atoms with E-state index in [9.17, 15) is 12.8 Å². The van der Waals surface area contributed by atoms with Gasteiger partial charge in [-0.15, -0.1) is 0 Å². The number of anilines is 1. The fourth-order valence-electron chi connectivity index (χ4n) is 3.68. The second kappa shape index (κ2) is 9.29. The molecule has 4 aromatic rings. The largest absolute Gasteiger partial charge is 0.383 e. The summed E-state index contributed by atoms with van der Waals surface area (Å²) in [5.74, 6) is 0.301. The molecule has 0 saturated carbocycles. The van der Waals surface area contributed by atoms with Crippen molar-refractivity contribution in [3.8, 4) is 0 Å². The molecule has 0 aliphatic carbocycles. The molecule has 172 valence electrons. The minimum absolute atomic E-state index is 0.0442. The zero-order valence-corrected chi connectivity index (χ0v) is 20.2. The summed E-state index contributed by atoms with van der Waals surface area (Å²) in [6, 6.07) is 8.16. The van der Waals surface area contributed by atoms with E-state index >= 15 is 0 Å². The fraction of sp³-hybridized carbons (Fsp3) is 0.217. The summed E-state index contributed by atoms with van der Waals surface area (Å²) in [7, 11) is -4.02. The summed E-state index contributed by atoms with van der Waals surface area (Å²) in [6.07, 6.45) is 2.62. The van der Waals surface area contributed by atoms with Gasteiger partial charge in [-0.3, -0.25) is 4.98 Å². The second-order valence-electron chi connectivity index (χ2n) is 7.60. The van der Waals surface area contributed by atoms with E-state index in [1.54, 1.807) is 0 Å². The van der Waals surface area contributed by atoms with E-state index in [0.29, 0.717) is 36.0 Å². The van der Waals surface area contributed by atoms with Crippen LogP contribution in [-0.4, -0.2) is 25.1 Å². The summed E-state index contributed by atoms with van der Waals surface area (Å²) in [5.41, 5.74) is 2.54. The number of sulfone groups is 1. The molecule has 0 unspecified atom stereocenters. The lowest BCUT2D eigenvalue weighted by atomic mass is 10.1. The maximum Gasteiger partial charge on any atom is 0.210 e. The number of aromatic nitrogens is 2. The van der Waals surface area contributed by atoms with Gasteiger partial charge in [0, 0.05) is 39.8 Å². The van der Waals surface area contributed by atoms with Crippen molar-refractivity contribution >= 4 is 49.6 Å². The third-order valence-corrected chi connectivity index (χ3v) is 7.50. The number of hydrogen-bond acceptors (Lipinski definition) is 6. The summed E-state index contributed by atoms with van der Waals surface area (Å²) in [5, 5.41) is 8.07. The van der Waals surface area contributed by atoms with Crippen LogP contribution in [0.15, 0.2) is 56.9 Å². The summed E-state index contributed by atoms with van der Waals surface area (Å²) in [4.78, 5) is 4.09. The van der Waals surface area contributed by atoms with E-state index in [4.69, 9.17) is 27.7 Å². The van der Waals surface area contributed by atoms with Gasteiger partial charge in [-0.1, -0.05) is 28.4 Å². The van der Waals surface area contributed by atoms with Gasteiger partial charge < -0.3 is 9.84 Å². The lowest BCUT2D eigenvalue weighted by Gasteiger charge is -2.15. The number of rotatable bonds is 7. The van der Waals surface area contributed by atoms with E-state index in [2.05, 4.69) is 15.5 Å². The molecule has 1 N–H and O–H groups in total. The van der Waals surface area contributed by atoms with Crippen LogP contribution in [0.25, 0.3) is 10.9 Å². The molecular formula is C23H20Cl2FN3O3S. The highest BCUT2D eigenvalue weighted by Crippen LogP contribution is 2.35. The molecule has 0 aliphatic rings. The Hall–Kier alpha value is -2.68. The van der Waals surface area contributed by atoms with Crippen LogP contribution in [0.5, 0.6) is 0 Å². The van der Waals surface area contributed by atoms with Crippen molar-refractivity contribution in [3.63, 3.8) is 0 Å². The highest BCUT2D eigenvalue weighted by atomic mass is 35.5. The van der Waals surface area contributed by atoms with E-state index in [0.717, 1.165) is 17.0 Å². The standard InChI is InChI=1S/C23H20Cl2FN3O3S/c1-13-19(14(2)32-29-13)4-3-7-27-23-20-6-5-17(26)11-21(20)28-12-22(23)33(30,31)18-9-15(24)8-16(25)10-18/h5-6,8-12H,3-4,7H2,1-2H3,(H,27,28). The van der Waals surface area contributed by atoms with Gasteiger partial charge in [-0.05, 0) is 57.0 Å². The number of nitrogens with zero attached hydrogens (tertiary/aromatic N) is 2. The van der Waals surface area contributed by atoms with Crippen LogP contribution in [0.2, 0.25) is 10.0 Å². The molecule has 0 atom stereocenters. The van der Waals surface area contributed by atoms with Gasteiger partial charge >= 0.3 is 0 Å². The van der Waals surface area contributed by atoms with Crippen LogP contribution in [0.4, 0.5) is 10.1 Å². The minimum atomic E-state index is -4.02. The normalized spacial score (nSPS) is 11.8. The maximum absolute atomic E-state index is 13.8. The van der Waals surface area contributed by atoms with Crippen molar-refractivity contribution in [3.05, 3.63) is 75.5 Å². The van der Waals surface area contributed by atoms with E-state index in [1.807, 2.05) is 13.8 Å². The lowest BCUT2D eigenvalue weighted by molar-refractivity contribution is 0.392. The van der Waals surface area contributed by atoms with Crippen LogP contribution in [0.3, 0.4) is 0 Å². The molecule has 0 fully saturated rings. The van der Waals surface area contributed by atoms with E-state index in [1.165, 1.54) is 42.6 Å². The van der Waals surface area contributed by atoms with Crippen LogP contribution < -0.4 is 5.32 Å². The van der Waals surface area contributed by atoms with Crippen molar-refractivity contribution in [2.45, 2.75) is 36.5 Å². The molecule has 6 nitrogen and oxygen atoms in total. The van der Waals surface area contributed by atoms with Gasteiger partial charge in [0.15, 0.2) is 0 Å². The Bertz CT molecular complexity index is 1420. The van der Waals surface area contributed by atoms with Gasteiger partial charge in [-0.25, -0.2) is 12.8 Å². The molecule has 2 heterocycles. The van der Waals surface area contributed by atoms with Crippen molar-refractivity contribution in [2.75, 3.05) is 11.9 Å². The monoisotopic (exact) mass is 507 g/mol. The Morgan fingerprint density at radius 1 is 1.09 bits per heavy atom. The molecule has 2 aromatic heterocycles. The van der Waals surface area contributed by atoms with Gasteiger partial charge in [0.25, 0.3) is 0 Å². The molecule has 0 bridgehead atoms. The number of aryl methyl sites for hydroxylation is 2. The Morgan fingerprint density at radius 3 is 2.48 bits per heavy atom. The zero-order valence-electron chi connectivity index (χ0n) is 17.8. The average Bonchev–Trinajstić information content (AvgIpc) is 3.07. The van der Waals surface area contributed by atoms with Crippen molar-refractivity contribution in [1.29, 1.82) is 0 Å². The number of hydrogen-bond donors (Lipinski definition) is 1. The summed E-state index contributed by atoms with van der Waals surface area (Å²) in [6.45, 7) is 4.19. The number of benzene rings is 2. The SMILES string of the molecule is Cc1noc(C)c1CCCNc1c(S(=O)(=O)c2cc(Cl)cc(Cl)c2)cnc2cc(F)ccc12. The first-order valence-electron chi connectivity index (χ1n) is 10.1. The zero-order chi connectivity index (χ0) is 23.8. The lowest BCUT2D eigenvalue weighted by Crippen LogP contribution is -2.11. The molecule has 0 spiro atoms. The number of halogens is 3. The first-order chi connectivity index (χ1) is 15.7. The number of fused-ring (bicyclic) bond motifs is 1. The molecule has 2 aromatic carbocycles. The van der Waals surface area contributed by atoms with Crippen LogP contribution >= 0.6 is 23.2 Å². The van der Waals surface area contributed by atoms with Crippen molar-refractivity contribution in [2.24, 2.45) is 0 Å². The van der Waals surface area contributed by atoms with E-state index in [-0.39, 0.29) is 19.8 Å². The van der Waals surface area contributed by atoms with E-state index < -0.39 is 15.7 Å². The molecule has 33 heavy (non-hydrogen) atoms. The minimum Gasteiger partial charge on any atom is -0.383 e.